The van der Waals surface area contributed by atoms with E-state index in [2.05, 4.69) is 22.1 Å². The van der Waals surface area contributed by atoms with E-state index in [1.165, 1.54) is 0 Å². The van der Waals surface area contributed by atoms with Gasteiger partial charge in [-0.1, -0.05) is 36.5 Å². The number of carbonyl (C=O) groups is 2. The van der Waals surface area contributed by atoms with E-state index >= 15 is 0 Å². The molecule has 1 N–H and O–H groups in total. The van der Waals surface area contributed by atoms with E-state index in [1.807, 2.05) is 6.07 Å². The summed E-state index contributed by atoms with van der Waals surface area (Å²) in [5.41, 5.74) is 1.05. The van der Waals surface area contributed by atoms with Crippen LogP contribution in [-0.4, -0.2) is 54.4 Å². The number of unbranched alkanes of at least 4 members (excludes halogenated alkanes) is 1. The molecule has 1 fully saturated rings. The van der Waals surface area contributed by atoms with Crippen molar-refractivity contribution in [3.05, 3.63) is 57.7 Å². The van der Waals surface area contributed by atoms with Crippen LogP contribution in [0.15, 0.2) is 36.5 Å². The predicted molar refractivity (Wildman–Crippen MR) is 116 cm³/mol. The second kappa shape index (κ2) is 9.94. The van der Waals surface area contributed by atoms with Crippen molar-refractivity contribution in [1.82, 2.24) is 15.2 Å². The lowest BCUT2D eigenvalue weighted by molar-refractivity contribution is 0.0746. The van der Waals surface area contributed by atoms with Gasteiger partial charge in [0.15, 0.2) is 0 Å². The molecule has 1 saturated heterocycles. The molecule has 2 heterocycles. The van der Waals surface area contributed by atoms with Crippen LogP contribution in [0.3, 0.4) is 0 Å². The topological polar surface area (TPSA) is 65.5 Å². The quantitative estimate of drug-likeness (QED) is 0.700. The maximum Gasteiger partial charge on any atom is 0.254 e. The number of anilines is 1. The third kappa shape index (κ3) is 5.61. The second-order valence-corrected chi connectivity index (χ2v) is 7.82. The molecular weight excluding hydrogens is 411 g/mol. The van der Waals surface area contributed by atoms with Crippen molar-refractivity contribution in [2.75, 3.05) is 37.6 Å². The SMILES string of the molecule is CCCCNC(=O)c1ccc(N2CCN(C(=O)c3cc(Cl)cc(Cl)c3)CC2)nc1. The number of piperazine rings is 1. The van der Waals surface area contributed by atoms with Gasteiger partial charge in [0.05, 0.1) is 5.56 Å². The van der Waals surface area contributed by atoms with Crippen LogP contribution in [-0.2, 0) is 0 Å². The van der Waals surface area contributed by atoms with E-state index in [1.54, 1.807) is 35.4 Å². The van der Waals surface area contributed by atoms with Crippen molar-refractivity contribution >= 4 is 40.8 Å². The monoisotopic (exact) mass is 434 g/mol. The normalized spacial score (nSPS) is 14.0. The van der Waals surface area contributed by atoms with Crippen molar-refractivity contribution in [3.63, 3.8) is 0 Å². The number of halogens is 2. The van der Waals surface area contributed by atoms with Gasteiger partial charge in [0, 0.05) is 54.5 Å². The first kappa shape index (κ1) is 21.4. The van der Waals surface area contributed by atoms with Gasteiger partial charge in [0.2, 0.25) is 0 Å². The lowest BCUT2D eigenvalue weighted by Gasteiger charge is -2.35. The molecule has 0 radical (unpaired) electrons. The fourth-order valence-corrected chi connectivity index (χ4v) is 3.71. The first-order valence-corrected chi connectivity index (χ1v) is 10.5. The van der Waals surface area contributed by atoms with Crippen molar-refractivity contribution in [2.45, 2.75) is 19.8 Å². The maximum absolute atomic E-state index is 12.7. The molecule has 0 unspecified atom stereocenters. The van der Waals surface area contributed by atoms with Gasteiger partial charge in [-0.2, -0.15) is 0 Å². The minimum Gasteiger partial charge on any atom is -0.353 e. The lowest BCUT2D eigenvalue weighted by atomic mass is 10.1. The maximum atomic E-state index is 12.7. The van der Waals surface area contributed by atoms with Gasteiger partial charge < -0.3 is 15.1 Å². The van der Waals surface area contributed by atoms with Crippen LogP contribution in [0, 0.1) is 0 Å². The number of nitrogens with one attached hydrogen (secondary N) is 1. The number of benzene rings is 1. The van der Waals surface area contributed by atoms with Gasteiger partial charge in [-0.05, 0) is 36.8 Å². The Hall–Kier alpha value is -2.31. The summed E-state index contributed by atoms with van der Waals surface area (Å²) in [6, 6.07) is 8.51. The van der Waals surface area contributed by atoms with Gasteiger partial charge in [-0.3, -0.25) is 9.59 Å². The molecule has 6 nitrogen and oxygen atoms in total. The van der Waals surface area contributed by atoms with E-state index < -0.39 is 0 Å². The average Bonchev–Trinajstić information content (AvgIpc) is 2.73. The summed E-state index contributed by atoms with van der Waals surface area (Å²) in [6.07, 6.45) is 3.60. The van der Waals surface area contributed by atoms with E-state index in [4.69, 9.17) is 23.2 Å². The number of hydrogen-bond acceptors (Lipinski definition) is 4. The van der Waals surface area contributed by atoms with Gasteiger partial charge in [0.25, 0.3) is 11.8 Å². The van der Waals surface area contributed by atoms with Crippen molar-refractivity contribution in [2.24, 2.45) is 0 Å². The molecule has 0 spiro atoms. The fraction of sp³-hybridized carbons (Fsp3) is 0.381. The third-order valence-corrected chi connectivity index (χ3v) is 5.26. The predicted octanol–water partition coefficient (Wildman–Crippen LogP) is 3.88. The highest BCUT2D eigenvalue weighted by atomic mass is 35.5. The molecule has 1 aromatic carbocycles. The fourth-order valence-electron chi connectivity index (χ4n) is 3.19. The zero-order valence-electron chi connectivity index (χ0n) is 16.3. The standard InChI is InChI=1S/C21H24Cl2N4O2/c1-2-3-6-24-20(28)15-4-5-19(25-14-15)26-7-9-27(10-8-26)21(29)16-11-17(22)13-18(23)12-16/h4-5,11-14H,2-3,6-10H2,1H3,(H,24,28). The number of rotatable bonds is 6. The Morgan fingerprint density at radius 3 is 2.31 bits per heavy atom. The molecular formula is C21H24Cl2N4O2. The van der Waals surface area contributed by atoms with Crippen LogP contribution in [0.1, 0.15) is 40.5 Å². The molecule has 0 aliphatic carbocycles. The first-order valence-electron chi connectivity index (χ1n) is 9.72. The first-order chi connectivity index (χ1) is 14.0. The van der Waals surface area contributed by atoms with E-state index in [0.717, 1.165) is 18.7 Å². The number of nitrogens with zero attached hydrogens (tertiary/aromatic N) is 3. The highest BCUT2D eigenvalue weighted by Gasteiger charge is 2.23. The van der Waals surface area contributed by atoms with E-state index in [0.29, 0.717) is 53.9 Å². The zero-order chi connectivity index (χ0) is 20.8. The molecule has 1 aliphatic heterocycles. The number of pyridine rings is 1. The summed E-state index contributed by atoms with van der Waals surface area (Å²) in [7, 11) is 0. The minimum absolute atomic E-state index is 0.0823. The Kier molecular flexibility index (Phi) is 7.34. The van der Waals surface area contributed by atoms with Crippen molar-refractivity contribution in [3.8, 4) is 0 Å². The van der Waals surface area contributed by atoms with Crippen LogP contribution in [0.5, 0.6) is 0 Å². The Balaban J connectivity index is 1.56. The Morgan fingerprint density at radius 2 is 1.72 bits per heavy atom. The van der Waals surface area contributed by atoms with Crippen LogP contribution >= 0.6 is 23.2 Å². The molecule has 0 bridgehead atoms. The lowest BCUT2D eigenvalue weighted by Crippen LogP contribution is -2.49. The molecule has 0 saturated carbocycles. The van der Waals surface area contributed by atoms with Crippen molar-refractivity contribution in [1.29, 1.82) is 0 Å². The Morgan fingerprint density at radius 1 is 1.03 bits per heavy atom. The average molecular weight is 435 g/mol. The summed E-state index contributed by atoms with van der Waals surface area (Å²) in [6.45, 7) is 5.23. The third-order valence-electron chi connectivity index (χ3n) is 4.83. The molecule has 2 amide bonds. The zero-order valence-corrected chi connectivity index (χ0v) is 17.8. The van der Waals surface area contributed by atoms with Gasteiger partial charge in [0.1, 0.15) is 5.82 Å². The van der Waals surface area contributed by atoms with Crippen LogP contribution < -0.4 is 10.2 Å². The van der Waals surface area contributed by atoms with E-state index in [9.17, 15) is 9.59 Å². The molecule has 3 rings (SSSR count). The van der Waals surface area contributed by atoms with E-state index in [-0.39, 0.29) is 11.8 Å². The Labute approximate surface area is 180 Å². The van der Waals surface area contributed by atoms with Crippen molar-refractivity contribution < 1.29 is 9.59 Å². The summed E-state index contributed by atoms with van der Waals surface area (Å²) < 4.78 is 0. The summed E-state index contributed by atoms with van der Waals surface area (Å²) >= 11 is 12.0. The highest BCUT2D eigenvalue weighted by Crippen LogP contribution is 2.21. The van der Waals surface area contributed by atoms with Gasteiger partial charge in [-0.15, -0.1) is 0 Å². The second-order valence-electron chi connectivity index (χ2n) is 6.95. The van der Waals surface area contributed by atoms with Crippen LogP contribution in [0.2, 0.25) is 10.0 Å². The Bertz CT molecular complexity index is 845. The minimum atomic E-state index is -0.104. The molecule has 0 atom stereocenters. The largest absolute Gasteiger partial charge is 0.353 e. The number of amides is 2. The summed E-state index contributed by atoms with van der Waals surface area (Å²) in [5, 5.41) is 3.78. The highest BCUT2D eigenvalue weighted by molar-refractivity contribution is 6.35. The summed E-state index contributed by atoms with van der Waals surface area (Å²) in [5.74, 6) is 0.613. The number of hydrogen-bond donors (Lipinski definition) is 1. The van der Waals surface area contributed by atoms with Gasteiger partial charge >= 0.3 is 0 Å². The van der Waals surface area contributed by atoms with Gasteiger partial charge in [-0.25, -0.2) is 4.98 Å². The molecule has 2 aromatic rings. The molecule has 29 heavy (non-hydrogen) atoms. The number of aromatic nitrogens is 1. The molecule has 1 aromatic heterocycles. The molecule has 1 aliphatic rings. The van der Waals surface area contributed by atoms with Crippen LogP contribution in [0.25, 0.3) is 0 Å². The molecule has 154 valence electrons. The molecule has 8 heteroatoms. The smallest absolute Gasteiger partial charge is 0.254 e. The number of carbonyl (C=O) groups excluding carboxylic acids is 2. The van der Waals surface area contributed by atoms with Crippen LogP contribution in [0.4, 0.5) is 5.82 Å². The summed E-state index contributed by atoms with van der Waals surface area (Å²) in [4.78, 5) is 33.1.